The molecule has 0 spiro atoms. The van der Waals surface area contributed by atoms with Crippen molar-refractivity contribution in [2.75, 3.05) is 11.8 Å². The summed E-state index contributed by atoms with van der Waals surface area (Å²) in [5.74, 6) is 0.321. The quantitative estimate of drug-likeness (QED) is 0.523. The van der Waals surface area contributed by atoms with Crippen molar-refractivity contribution in [2.24, 2.45) is 16.7 Å². The first kappa shape index (κ1) is 16.7. The topological polar surface area (TPSA) is 0 Å². The van der Waals surface area contributed by atoms with Crippen molar-refractivity contribution in [2.45, 2.75) is 26.3 Å². The van der Waals surface area contributed by atoms with Crippen molar-refractivity contribution in [1.82, 2.24) is 0 Å². The Labute approximate surface area is 146 Å². The molecule has 0 amide bonds. The zero-order chi connectivity index (χ0) is 13.9. The predicted octanol–water partition coefficient (Wildman–Crippen LogP) is 5.66. The van der Waals surface area contributed by atoms with Gasteiger partial charge in [0.2, 0.25) is 0 Å². The van der Waals surface area contributed by atoms with E-state index in [1.54, 1.807) is 0 Å². The normalized spacial score (nSPS) is 44.8. The molecule has 2 bridgehead atoms. The van der Waals surface area contributed by atoms with E-state index < -0.39 is 25.4 Å². The summed E-state index contributed by atoms with van der Waals surface area (Å²) in [6.45, 7) is 0. The Balaban J connectivity index is 2.69. The van der Waals surface area contributed by atoms with E-state index in [9.17, 15) is 0 Å². The summed E-state index contributed by atoms with van der Waals surface area (Å²) >= 11 is 50.4. The van der Waals surface area contributed by atoms with Crippen LogP contribution in [-0.2, 0) is 0 Å². The van der Waals surface area contributed by atoms with Gasteiger partial charge in [0.05, 0.1) is 16.2 Å². The van der Waals surface area contributed by atoms with E-state index in [0.29, 0.717) is 6.42 Å². The molecule has 4 atom stereocenters. The molecule has 8 heteroatoms. The van der Waals surface area contributed by atoms with Gasteiger partial charge in [-0.05, 0) is 12.3 Å². The Kier molecular flexibility index (Phi) is 4.82. The molecule has 0 saturated heterocycles. The van der Waals surface area contributed by atoms with Crippen LogP contribution in [0.3, 0.4) is 0 Å². The summed E-state index contributed by atoms with van der Waals surface area (Å²) in [7, 11) is 0. The molecule has 106 valence electrons. The van der Waals surface area contributed by atoms with Gasteiger partial charge in [0.15, 0.2) is 0 Å². The molecule has 18 heavy (non-hydrogen) atoms. The van der Waals surface area contributed by atoms with Crippen molar-refractivity contribution in [1.29, 1.82) is 0 Å². The van der Waals surface area contributed by atoms with Crippen LogP contribution >= 0.6 is 92.8 Å². The Morgan fingerprint density at radius 1 is 1.06 bits per heavy atom. The Bertz CT molecular complexity index is 339. The molecule has 2 aliphatic rings. The minimum Gasteiger partial charge on any atom is -0.126 e. The van der Waals surface area contributed by atoms with Crippen molar-refractivity contribution < 1.29 is 0 Å². The molecule has 0 aromatic heterocycles. The van der Waals surface area contributed by atoms with Crippen LogP contribution < -0.4 is 0 Å². The number of hydrogen-bond acceptors (Lipinski definition) is 0. The maximum Gasteiger partial charge on any atom is 0.128 e. The fraction of sp³-hybridized carbons (Fsp3) is 1.00. The molecule has 0 aliphatic heterocycles. The first-order chi connectivity index (χ1) is 8.23. The lowest BCUT2D eigenvalue weighted by molar-refractivity contribution is 0.148. The zero-order valence-electron chi connectivity index (χ0n) is 8.95. The van der Waals surface area contributed by atoms with Crippen molar-refractivity contribution in [3.63, 3.8) is 0 Å². The highest BCUT2D eigenvalue weighted by atomic mass is 35.5. The molecule has 0 radical (unpaired) electrons. The fourth-order valence-electron chi connectivity index (χ4n) is 3.61. The van der Waals surface area contributed by atoms with Crippen LogP contribution in [0.4, 0.5) is 0 Å². The van der Waals surface area contributed by atoms with Gasteiger partial charge in [0.25, 0.3) is 0 Å². The molecule has 0 aromatic rings. The Morgan fingerprint density at radius 3 is 1.89 bits per heavy atom. The fourth-order valence-corrected chi connectivity index (χ4v) is 8.68. The van der Waals surface area contributed by atoms with E-state index in [-0.39, 0.29) is 23.1 Å². The molecule has 2 aliphatic carbocycles. The van der Waals surface area contributed by atoms with E-state index in [0.717, 1.165) is 0 Å². The summed E-state index contributed by atoms with van der Waals surface area (Å²) in [6, 6.07) is 0. The van der Waals surface area contributed by atoms with Crippen LogP contribution in [0.5, 0.6) is 0 Å². The van der Waals surface area contributed by atoms with Crippen LogP contribution in [-0.4, -0.2) is 31.7 Å². The summed E-state index contributed by atoms with van der Waals surface area (Å²) in [4.78, 5) is -0.902. The van der Waals surface area contributed by atoms with Crippen molar-refractivity contribution in [3.05, 3.63) is 0 Å². The predicted molar refractivity (Wildman–Crippen MR) is 83.6 cm³/mol. The zero-order valence-corrected chi connectivity index (χ0v) is 15.0. The standard InChI is InChI=1S/C10H10Cl8/c11-2-8(3-12)4-1-9(17,18)10(8,7(15)16)6(14)5(4)13/h4-7H,1-3H2/t4?,5-,6+,10?/m1/s1. The highest BCUT2D eigenvalue weighted by molar-refractivity contribution is 6.54. The SMILES string of the molecule is ClCC1(CCl)C2CC(Cl)(Cl)C1(C(Cl)Cl)[C@@H](Cl)[C@@H]2Cl. The first-order valence-electron chi connectivity index (χ1n) is 5.29. The molecule has 2 fully saturated rings. The van der Waals surface area contributed by atoms with E-state index in [1.807, 2.05) is 0 Å². The Hall–Kier alpha value is 2.32. The minimum atomic E-state index is -1.19. The van der Waals surface area contributed by atoms with Crippen LogP contribution in [0.2, 0.25) is 0 Å². The van der Waals surface area contributed by atoms with Gasteiger partial charge < -0.3 is 0 Å². The van der Waals surface area contributed by atoms with Gasteiger partial charge in [-0.2, -0.15) is 0 Å². The van der Waals surface area contributed by atoms with Gasteiger partial charge in [-0.25, -0.2) is 0 Å². The van der Waals surface area contributed by atoms with E-state index in [1.165, 1.54) is 0 Å². The van der Waals surface area contributed by atoms with Crippen LogP contribution in [0.1, 0.15) is 6.42 Å². The summed E-state index contributed by atoms with van der Waals surface area (Å²) < 4.78 is -1.19. The lowest BCUT2D eigenvalue weighted by Crippen LogP contribution is -2.56. The van der Waals surface area contributed by atoms with Crippen LogP contribution in [0, 0.1) is 16.7 Å². The van der Waals surface area contributed by atoms with Crippen LogP contribution in [0.25, 0.3) is 0 Å². The largest absolute Gasteiger partial charge is 0.128 e. The summed E-state index contributed by atoms with van der Waals surface area (Å²) in [6.07, 6.45) is 0.433. The number of fused-ring (bicyclic) bond motifs is 2. The lowest BCUT2D eigenvalue weighted by atomic mass is 9.69. The number of halogens is 8. The number of hydrogen-bond donors (Lipinski definition) is 0. The molecule has 0 heterocycles. The second kappa shape index (κ2) is 5.20. The third-order valence-corrected chi connectivity index (χ3v) is 8.41. The summed E-state index contributed by atoms with van der Waals surface area (Å²) in [5.41, 5.74) is -1.68. The molecule has 0 nitrogen and oxygen atoms in total. The highest BCUT2D eigenvalue weighted by Gasteiger charge is 2.82. The third kappa shape index (κ3) is 1.67. The molecule has 2 saturated carbocycles. The van der Waals surface area contributed by atoms with E-state index >= 15 is 0 Å². The lowest BCUT2D eigenvalue weighted by Gasteiger charge is -2.49. The molecule has 0 N–H and O–H groups in total. The third-order valence-electron chi connectivity index (χ3n) is 4.54. The van der Waals surface area contributed by atoms with Gasteiger partial charge in [0.1, 0.15) is 9.17 Å². The number of alkyl halides is 8. The number of rotatable bonds is 3. The molecule has 0 aromatic carbocycles. The van der Waals surface area contributed by atoms with E-state index in [4.69, 9.17) is 92.8 Å². The highest BCUT2D eigenvalue weighted by Crippen LogP contribution is 2.78. The van der Waals surface area contributed by atoms with E-state index in [2.05, 4.69) is 0 Å². The van der Waals surface area contributed by atoms with Gasteiger partial charge in [-0.3, -0.25) is 0 Å². The average molecular weight is 414 g/mol. The summed E-state index contributed by atoms with van der Waals surface area (Å²) in [5, 5.41) is -0.930. The molecular weight excluding hydrogens is 404 g/mol. The van der Waals surface area contributed by atoms with Gasteiger partial charge >= 0.3 is 0 Å². The van der Waals surface area contributed by atoms with Gasteiger partial charge in [-0.15, -0.1) is 92.8 Å². The maximum atomic E-state index is 6.45. The molecular formula is C10H10Cl8. The second-order valence-electron chi connectivity index (χ2n) is 4.95. The first-order valence-corrected chi connectivity index (χ1v) is 8.86. The monoisotopic (exact) mass is 410 g/mol. The van der Waals surface area contributed by atoms with Crippen molar-refractivity contribution >= 4 is 92.8 Å². The average Bonchev–Trinajstić information content (AvgIpc) is 2.61. The Morgan fingerprint density at radius 2 is 1.56 bits per heavy atom. The molecule has 2 unspecified atom stereocenters. The van der Waals surface area contributed by atoms with Crippen LogP contribution in [0.15, 0.2) is 0 Å². The smallest absolute Gasteiger partial charge is 0.126 e. The minimum absolute atomic E-state index is 0.105. The van der Waals surface area contributed by atoms with Crippen molar-refractivity contribution in [3.8, 4) is 0 Å². The maximum absolute atomic E-state index is 6.45. The van der Waals surface area contributed by atoms with Gasteiger partial charge in [-0.1, -0.05) is 0 Å². The second-order valence-corrected chi connectivity index (χ2v) is 9.04. The van der Waals surface area contributed by atoms with Gasteiger partial charge in [0, 0.05) is 17.2 Å². The molecule has 2 rings (SSSR count).